The highest BCUT2D eigenvalue weighted by Crippen LogP contribution is 2.12. The first kappa shape index (κ1) is 14.8. The van der Waals surface area contributed by atoms with Crippen molar-refractivity contribution in [3.8, 4) is 0 Å². The second-order valence-electron chi connectivity index (χ2n) is 4.95. The first-order valence-corrected chi connectivity index (χ1v) is 8.07. The second kappa shape index (κ2) is 6.24. The molecule has 0 saturated carbocycles. The van der Waals surface area contributed by atoms with Crippen molar-refractivity contribution in [3.05, 3.63) is 54.0 Å². The van der Waals surface area contributed by atoms with Crippen LogP contribution >= 0.6 is 0 Å². The lowest BCUT2D eigenvalue weighted by Gasteiger charge is -2.13. The molecule has 0 aliphatic rings. The zero-order valence-electron chi connectivity index (χ0n) is 11.7. The molecule has 2 rings (SSSR count). The molecule has 0 aliphatic carbocycles. The highest BCUT2D eigenvalue weighted by molar-refractivity contribution is 7.89. The van der Waals surface area contributed by atoms with Crippen molar-refractivity contribution in [2.45, 2.75) is 37.6 Å². The van der Waals surface area contributed by atoms with Gasteiger partial charge in [-0.15, -0.1) is 0 Å². The quantitative estimate of drug-likeness (QED) is 0.891. The van der Waals surface area contributed by atoms with Gasteiger partial charge in [-0.25, -0.2) is 13.1 Å². The molecule has 0 spiro atoms. The van der Waals surface area contributed by atoms with Gasteiger partial charge in [0.1, 0.15) is 5.76 Å². The number of hydrogen-bond acceptors (Lipinski definition) is 3. The van der Waals surface area contributed by atoms with Gasteiger partial charge in [-0.3, -0.25) is 0 Å². The molecule has 2 aromatic rings. The summed E-state index contributed by atoms with van der Waals surface area (Å²) in [6, 6.07) is 10.4. The first-order valence-electron chi connectivity index (χ1n) is 6.59. The summed E-state index contributed by atoms with van der Waals surface area (Å²) in [5.41, 5.74) is 1.04. The lowest BCUT2D eigenvalue weighted by Crippen LogP contribution is -2.32. The molecular weight excluding hydrogens is 274 g/mol. The van der Waals surface area contributed by atoms with Crippen LogP contribution in [-0.4, -0.2) is 14.5 Å². The lowest BCUT2D eigenvalue weighted by molar-refractivity contribution is 0.480. The highest BCUT2D eigenvalue weighted by Gasteiger charge is 2.17. The van der Waals surface area contributed by atoms with Gasteiger partial charge in [0.05, 0.1) is 11.2 Å². The minimum absolute atomic E-state index is 0.147. The molecule has 0 amide bonds. The number of rotatable bonds is 6. The average molecular weight is 293 g/mol. The van der Waals surface area contributed by atoms with Gasteiger partial charge >= 0.3 is 0 Å². The number of sulfonamides is 1. The molecule has 108 valence electrons. The maximum atomic E-state index is 12.2. The molecule has 5 heteroatoms. The molecular formula is C15H19NO3S. The SMILES string of the molecule is Cc1ccc(S(=O)(=O)NC(C)CCc2ccco2)cc1. The summed E-state index contributed by atoms with van der Waals surface area (Å²) in [5, 5.41) is 0. The van der Waals surface area contributed by atoms with Crippen molar-refractivity contribution in [2.24, 2.45) is 0 Å². The molecule has 0 aliphatic heterocycles. The molecule has 0 bridgehead atoms. The average Bonchev–Trinajstić information content (AvgIpc) is 2.89. The summed E-state index contributed by atoms with van der Waals surface area (Å²) in [5.74, 6) is 0.867. The minimum Gasteiger partial charge on any atom is -0.469 e. The van der Waals surface area contributed by atoms with Crippen molar-refractivity contribution in [3.63, 3.8) is 0 Å². The fraction of sp³-hybridized carbons (Fsp3) is 0.333. The Labute approximate surface area is 119 Å². The predicted molar refractivity (Wildman–Crippen MR) is 78.0 cm³/mol. The molecule has 1 N–H and O–H groups in total. The van der Waals surface area contributed by atoms with E-state index >= 15 is 0 Å². The molecule has 1 aromatic carbocycles. The van der Waals surface area contributed by atoms with Crippen LogP contribution in [-0.2, 0) is 16.4 Å². The van der Waals surface area contributed by atoms with Crippen molar-refractivity contribution in [1.82, 2.24) is 4.72 Å². The van der Waals surface area contributed by atoms with Crippen LogP contribution in [0.1, 0.15) is 24.7 Å². The Morgan fingerprint density at radius 3 is 2.50 bits per heavy atom. The van der Waals surface area contributed by atoms with Crippen LogP contribution in [0.5, 0.6) is 0 Å². The Bertz CT molecular complexity index is 630. The van der Waals surface area contributed by atoms with E-state index in [0.717, 1.165) is 11.3 Å². The molecule has 20 heavy (non-hydrogen) atoms. The number of aryl methyl sites for hydroxylation is 2. The van der Waals surface area contributed by atoms with E-state index in [-0.39, 0.29) is 6.04 Å². The topological polar surface area (TPSA) is 59.3 Å². The van der Waals surface area contributed by atoms with Crippen molar-refractivity contribution >= 4 is 10.0 Å². The standard InChI is InChI=1S/C15H19NO3S/c1-12-5-9-15(10-6-12)20(17,18)16-13(2)7-8-14-4-3-11-19-14/h3-6,9-11,13,16H,7-8H2,1-2H3. The van der Waals surface area contributed by atoms with Crippen LogP contribution < -0.4 is 4.72 Å². The molecule has 4 nitrogen and oxygen atoms in total. The second-order valence-corrected chi connectivity index (χ2v) is 6.67. The number of hydrogen-bond donors (Lipinski definition) is 1. The minimum atomic E-state index is -3.45. The summed E-state index contributed by atoms with van der Waals surface area (Å²) in [4.78, 5) is 0.299. The van der Waals surface area contributed by atoms with Gasteiger partial charge in [0.2, 0.25) is 10.0 Å². The van der Waals surface area contributed by atoms with Crippen LogP contribution in [0, 0.1) is 6.92 Å². The van der Waals surface area contributed by atoms with E-state index in [1.807, 2.05) is 26.0 Å². The van der Waals surface area contributed by atoms with E-state index in [2.05, 4.69) is 4.72 Å². The summed E-state index contributed by atoms with van der Waals surface area (Å²) in [6.45, 7) is 3.78. The molecule has 1 heterocycles. The highest BCUT2D eigenvalue weighted by atomic mass is 32.2. The Balaban J connectivity index is 1.95. The van der Waals surface area contributed by atoms with E-state index in [0.29, 0.717) is 17.7 Å². The van der Waals surface area contributed by atoms with Crippen LogP contribution in [0.4, 0.5) is 0 Å². The molecule has 1 unspecified atom stereocenters. The molecule has 1 atom stereocenters. The van der Waals surface area contributed by atoms with Gasteiger partial charge < -0.3 is 4.42 Å². The Morgan fingerprint density at radius 1 is 1.20 bits per heavy atom. The summed E-state index contributed by atoms with van der Waals surface area (Å²) in [6.07, 6.45) is 3.03. The summed E-state index contributed by atoms with van der Waals surface area (Å²) in [7, 11) is -3.45. The third kappa shape index (κ3) is 3.95. The monoisotopic (exact) mass is 293 g/mol. The Hall–Kier alpha value is -1.59. The zero-order chi connectivity index (χ0) is 14.6. The summed E-state index contributed by atoms with van der Waals surface area (Å²) >= 11 is 0. The van der Waals surface area contributed by atoms with E-state index in [1.165, 1.54) is 0 Å². The van der Waals surface area contributed by atoms with Crippen LogP contribution in [0.15, 0.2) is 52.0 Å². The van der Waals surface area contributed by atoms with Gasteiger partial charge in [0.25, 0.3) is 0 Å². The van der Waals surface area contributed by atoms with Crippen molar-refractivity contribution in [1.29, 1.82) is 0 Å². The Kier molecular flexibility index (Phi) is 4.62. The van der Waals surface area contributed by atoms with E-state index in [4.69, 9.17) is 4.42 Å². The summed E-state index contributed by atoms with van der Waals surface area (Å²) < 4.78 is 32.3. The van der Waals surface area contributed by atoms with Crippen molar-refractivity contribution < 1.29 is 12.8 Å². The van der Waals surface area contributed by atoms with Gasteiger partial charge in [-0.05, 0) is 44.5 Å². The van der Waals surface area contributed by atoms with Gasteiger partial charge in [0.15, 0.2) is 0 Å². The molecule has 0 saturated heterocycles. The van der Waals surface area contributed by atoms with E-state index in [9.17, 15) is 8.42 Å². The van der Waals surface area contributed by atoms with Gasteiger partial charge in [-0.2, -0.15) is 0 Å². The largest absolute Gasteiger partial charge is 0.469 e. The van der Waals surface area contributed by atoms with Gasteiger partial charge in [-0.1, -0.05) is 17.7 Å². The maximum Gasteiger partial charge on any atom is 0.240 e. The van der Waals surface area contributed by atoms with Crippen molar-refractivity contribution in [2.75, 3.05) is 0 Å². The zero-order valence-corrected chi connectivity index (χ0v) is 12.5. The predicted octanol–water partition coefficient (Wildman–Crippen LogP) is 2.89. The maximum absolute atomic E-state index is 12.2. The van der Waals surface area contributed by atoms with Crippen LogP contribution in [0.25, 0.3) is 0 Å². The van der Waals surface area contributed by atoms with E-state index in [1.54, 1.807) is 30.5 Å². The normalized spacial score (nSPS) is 13.3. The van der Waals surface area contributed by atoms with Gasteiger partial charge in [0, 0.05) is 12.5 Å². The number of nitrogens with one attached hydrogen (secondary N) is 1. The fourth-order valence-corrected chi connectivity index (χ4v) is 3.20. The third-order valence-electron chi connectivity index (χ3n) is 3.09. The van der Waals surface area contributed by atoms with Crippen LogP contribution in [0.3, 0.4) is 0 Å². The molecule has 1 aromatic heterocycles. The number of furan rings is 1. The fourth-order valence-electron chi connectivity index (χ4n) is 1.92. The third-order valence-corrected chi connectivity index (χ3v) is 4.70. The lowest BCUT2D eigenvalue weighted by atomic mass is 10.2. The van der Waals surface area contributed by atoms with Crippen LogP contribution in [0.2, 0.25) is 0 Å². The van der Waals surface area contributed by atoms with E-state index < -0.39 is 10.0 Å². The first-order chi connectivity index (χ1) is 9.47. The smallest absolute Gasteiger partial charge is 0.240 e. The molecule has 0 radical (unpaired) electrons. The molecule has 0 fully saturated rings. The number of benzene rings is 1. The Morgan fingerprint density at radius 2 is 1.90 bits per heavy atom.